The van der Waals surface area contributed by atoms with E-state index in [9.17, 15) is 0 Å². The van der Waals surface area contributed by atoms with Crippen molar-refractivity contribution in [2.24, 2.45) is 0 Å². The third-order valence-electron chi connectivity index (χ3n) is 11.4. The van der Waals surface area contributed by atoms with Gasteiger partial charge in [0.25, 0.3) is 0 Å². The topological polar surface area (TPSA) is 65.0 Å². The lowest BCUT2D eigenvalue weighted by Gasteiger charge is -2.17. The third kappa shape index (κ3) is 4.64. The number of para-hydroxylation sites is 2. The Balaban J connectivity index is 1.13. The highest BCUT2D eigenvalue weighted by Gasteiger charge is 2.24. The van der Waals surface area contributed by atoms with Crippen LogP contribution in [0.25, 0.3) is 117 Å². The monoisotopic (exact) mass is 717 g/mol. The maximum atomic E-state index is 6.82. The van der Waals surface area contributed by atoms with Crippen LogP contribution in [0.3, 0.4) is 0 Å². The number of fused-ring (bicyclic) bond motifs is 11. The molecule has 8 aromatic carbocycles. The summed E-state index contributed by atoms with van der Waals surface area (Å²) in [5.41, 5.74) is 10.6. The molecule has 56 heavy (non-hydrogen) atoms. The second-order valence-electron chi connectivity index (χ2n) is 14.6. The standard InChI is InChI=1S/C51H31N3O2/c1-2-14-31(15-3-1)49-52-50(54-51(53-49)43-29-32-16-5-6-17-33(32)35-19-8-9-20-36(35)43)42-28-27-40(48-45(42)41-21-10-11-24-44(41)55-48)38-23-12-22-37-39-26-25-30-13-4-7-18-34(30)46(39)56-47(37)38/h1-4,6-15,17-29H,5,16H2. The van der Waals surface area contributed by atoms with Gasteiger partial charge in [0.2, 0.25) is 0 Å². The van der Waals surface area contributed by atoms with E-state index in [1.807, 2.05) is 30.3 Å². The van der Waals surface area contributed by atoms with Gasteiger partial charge in [0.15, 0.2) is 17.5 Å². The first-order chi connectivity index (χ1) is 27.8. The zero-order chi connectivity index (χ0) is 36.7. The quantitative estimate of drug-likeness (QED) is 0.181. The molecule has 262 valence electrons. The SMILES string of the molecule is C1=Cc2c(cc(-c3nc(-c4ccccc4)nc(-c4ccc(-c5cccc6c5oc5c7ccccc7ccc65)c5oc6ccccc6c45)n3)c3ccccc23)CC1. The van der Waals surface area contributed by atoms with E-state index in [-0.39, 0.29) is 0 Å². The number of hydrogen-bond acceptors (Lipinski definition) is 5. The Morgan fingerprint density at radius 1 is 0.429 bits per heavy atom. The summed E-state index contributed by atoms with van der Waals surface area (Å²) in [6.45, 7) is 0. The summed E-state index contributed by atoms with van der Waals surface area (Å²) < 4.78 is 13.6. The fraction of sp³-hybridized carbons (Fsp3) is 0.0392. The van der Waals surface area contributed by atoms with Crippen LogP contribution < -0.4 is 0 Å². The average Bonchev–Trinajstić information content (AvgIpc) is 3.86. The van der Waals surface area contributed by atoms with Crippen LogP contribution in [0.4, 0.5) is 0 Å². The van der Waals surface area contributed by atoms with E-state index < -0.39 is 0 Å². The lowest BCUT2D eigenvalue weighted by molar-refractivity contribution is 0.666. The van der Waals surface area contributed by atoms with Crippen LogP contribution in [-0.4, -0.2) is 15.0 Å². The van der Waals surface area contributed by atoms with E-state index in [4.69, 9.17) is 23.8 Å². The minimum Gasteiger partial charge on any atom is -0.455 e. The van der Waals surface area contributed by atoms with Crippen molar-refractivity contribution in [1.82, 2.24) is 15.0 Å². The number of benzene rings is 8. The molecule has 0 amide bonds. The first-order valence-electron chi connectivity index (χ1n) is 19.1. The molecule has 0 atom stereocenters. The van der Waals surface area contributed by atoms with Crippen LogP contribution in [0.1, 0.15) is 17.5 Å². The Bertz CT molecular complexity index is 3430. The number of rotatable bonds is 4. The summed E-state index contributed by atoms with van der Waals surface area (Å²) in [6.07, 6.45) is 6.52. The second-order valence-corrected chi connectivity index (χ2v) is 14.6. The first-order valence-corrected chi connectivity index (χ1v) is 19.1. The van der Waals surface area contributed by atoms with Crippen LogP contribution in [-0.2, 0) is 6.42 Å². The number of nitrogens with zero attached hydrogens (tertiary/aromatic N) is 3. The molecule has 5 heteroatoms. The van der Waals surface area contributed by atoms with Crippen molar-refractivity contribution in [3.8, 4) is 45.3 Å². The van der Waals surface area contributed by atoms with Crippen molar-refractivity contribution >= 4 is 71.5 Å². The van der Waals surface area contributed by atoms with E-state index in [1.165, 1.54) is 16.5 Å². The summed E-state index contributed by atoms with van der Waals surface area (Å²) in [5, 5.41) is 8.68. The Kier molecular flexibility index (Phi) is 6.69. The number of aryl methyl sites for hydroxylation is 1. The van der Waals surface area contributed by atoms with Gasteiger partial charge in [-0.1, -0.05) is 133 Å². The van der Waals surface area contributed by atoms with Crippen molar-refractivity contribution in [3.05, 3.63) is 169 Å². The molecule has 0 saturated carbocycles. The normalized spacial score (nSPS) is 12.8. The van der Waals surface area contributed by atoms with Crippen LogP contribution in [0.15, 0.2) is 167 Å². The minimum atomic E-state index is 0.590. The molecule has 1 aliphatic carbocycles. The van der Waals surface area contributed by atoms with Gasteiger partial charge in [0, 0.05) is 54.7 Å². The summed E-state index contributed by atoms with van der Waals surface area (Å²) in [7, 11) is 0. The Morgan fingerprint density at radius 3 is 2.00 bits per heavy atom. The molecule has 0 radical (unpaired) electrons. The van der Waals surface area contributed by atoms with Crippen LogP contribution in [0, 0.1) is 0 Å². The van der Waals surface area contributed by atoms with Gasteiger partial charge in [-0.05, 0) is 70.5 Å². The molecular formula is C51H31N3O2. The molecule has 3 heterocycles. The first kappa shape index (κ1) is 31.0. The van der Waals surface area contributed by atoms with E-state index in [0.29, 0.717) is 17.5 Å². The Morgan fingerprint density at radius 2 is 1.11 bits per heavy atom. The predicted molar refractivity (Wildman–Crippen MR) is 228 cm³/mol. The Labute approximate surface area is 321 Å². The number of allylic oxidation sites excluding steroid dienone is 1. The zero-order valence-electron chi connectivity index (χ0n) is 30.2. The highest BCUT2D eigenvalue weighted by molar-refractivity contribution is 6.20. The van der Waals surface area contributed by atoms with Gasteiger partial charge in [0.05, 0.1) is 0 Å². The van der Waals surface area contributed by atoms with E-state index >= 15 is 0 Å². The molecule has 3 aromatic heterocycles. The molecule has 5 nitrogen and oxygen atoms in total. The van der Waals surface area contributed by atoms with Crippen LogP contribution >= 0.6 is 0 Å². The maximum absolute atomic E-state index is 6.82. The van der Waals surface area contributed by atoms with Crippen molar-refractivity contribution < 1.29 is 8.83 Å². The third-order valence-corrected chi connectivity index (χ3v) is 11.4. The summed E-state index contributed by atoms with van der Waals surface area (Å²) >= 11 is 0. The van der Waals surface area contributed by atoms with Gasteiger partial charge in [-0.15, -0.1) is 0 Å². The average molecular weight is 718 g/mol. The lowest BCUT2D eigenvalue weighted by Crippen LogP contribution is -2.03. The van der Waals surface area contributed by atoms with Gasteiger partial charge in [0.1, 0.15) is 22.3 Å². The highest BCUT2D eigenvalue weighted by atomic mass is 16.3. The molecule has 0 aliphatic heterocycles. The molecule has 0 bridgehead atoms. The number of aromatic nitrogens is 3. The van der Waals surface area contributed by atoms with Gasteiger partial charge in [-0.2, -0.15) is 0 Å². The molecule has 0 saturated heterocycles. The molecule has 0 N–H and O–H groups in total. The van der Waals surface area contributed by atoms with Gasteiger partial charge < -0.3 is 8.83 Å². The highest BCUT2D eigenvalue weighted by Crippen LogP contribution is 2.45. The maximum Gasteiger partial charge on any atom is 0.164 e. The fourth-order valence-corrected chi connectivity index (χ4v) is 8.78. The Hall–Kier alpha value is -7.37. The predicted octanol–water partition coefficient (Wildman–Crippen LogP) is 13.6. The summed E-state index contributed by atoms with van der Waals surface area (Å²) in [5.74, 6) is 1.86. The smallest absolute Gasteiger partial charge is 0.164 e. The largest absolute Gasteiger partial charge is 0.455 e. The van der Waals surface area contributed by atoms with Crippen LogP contribution in [0.2, 0.25) is 0 Å². The molecule has 12 rings (SSSR count). The van der Waals surface area contributed by atoms with Crippen molar-refractivity contribution in [2.75, 3.05) is 0 Å². The van der Waals surface area contributed by atoms with Crippen molar-refractivity contribution in [1.29, 1.82) is 0 Å². The molecular weight excluding hydrogens is 687 g/mol. The minimum absolute atomic E-state index is 0.590. The summed E-state index contributed by atoms with van der Waals surface area (Å²) in [6, 6.07) is 52.6. The van der Waals surface area contributed by atoms with E-state index in [1.54, 1.807) is 0 Å². The summed E-state index contributed by atoms with van der Waals surface area (Å²) in [4.78, 5) is 15.8. The van der Waals surface area contributed by atoms with E-state index in [2.05, 4.69) is 133 Å². The van der Waals surface area contributed by atoms with Gasteiger partial charge >= 0.3 is 0 Å². The molecule has 0 fully saturated rings. The number of hydrogen-bond donors (Lipinski definition) is 0. The van der Waals surface area contributed by atoms with Gasteiger partial charge in [-0.25, -0.2) is 15.0 Å². The molecule has 1 aliphatic rings. The van der Waals surface area contributed by atoms with Gasteiger partial charge in [-0.3, -0.25) is 0 Å². The fourth-order valence-electron chi connectivity index (χ4n) is 8.78. The molecule has 0 unspecified atom stereocenters. The molecule has 0 spiro atoms. The zero-order valence-corrected chi connectivity index (χ0v) is 30.2. The van der Waals surface area contributed by atoms with Crippen molar-refractivity contribution in [2.45, 2.75) is 12.8 Å². The van der Waals surface area contributed by atoms with E-state index in [0.717, 1.165) is 101 Å². The lowest BCUT2D eigenvalue weighted by atomic mass is 9.89. The number of furan rings is 2. The van der Waals surface area contributed by atoms with Crippen molar-refractivity contribution in [3.63, 3.8) is 0 Å². The second kappa shape index (κ2) is 12.1. The van der Waals surface area contributed by atoms with Crippen LogP contribution in [0.5, 0.6) is 0 Å². The molecule has 11 aromatic rings.